The molecule has 0 unspecified atom stereocenters. The highest BCUT2D eigenvalue weighted by Crippen LogP contribution is 2.22. The highest BCUT2D eigenvalue weighted by Gasteiger charge is 2.06. The van der Waals surface area contributed by atoms with Gasteiger partial charge in [-0.1, -0.05) is 75.3 Å². The second-order valence-electron chi connectivity index (χ2n) is 10.8. The van der Waals surface area contributed by atoms with Crippen LogP contribution in [0.3, 0.4) is 0 Å². The smallest absolute Gasteiger partial charge is 0.0892 e. The Morgan fingerprint density at radius 1 is 0.558 bits per heavy atom. The Bertz CT molecular complexity index is 1440. The van der Waals surface area contributed by atoms with Gasteiger partial charge in [0, 0.05) is 49.9 Å². The van der Waals surface area contributed by atoms with E-state index in [0.717, 1.165) is 53.4 Å². The van der Waals surface area contributed by atoms with Crippen LogP contribution in [0.1, 0.15) is 68.7 Å². The van der Waals surface area contributed by atoms with Crippen LogP contribution in [-0.2, 0) is 0 Å². The molecular weight excluding hydrogens is 528 g/mol. The van der Waals surface area contributed by atoms with Gasteiger partial charge in [-0.3, -0.25) is 9.97 Å². The lowest BCUT2D eigenvalue weighted by Gasteiger charge is -2.24. The van der Waals surface area contributed by atoms with E-state index in [2.05, 4.69) is 126 Å². The molecule has 0 aliphatic heterocycles. The van der Waals surface area contributed by atoms with E-state index in [9.17, 15) is 5.11 Å². The van der Waals surface area contributed by atoms with Crippen molar-refractivity contribution < 1.29 is 5.11 Å². The predicted octanol–water partition coefficient (Wildman–Crippen LogP) is 8.71. The second-order valence-corrected chi connectivity index (χ2v) is 10.8. The van der Waals surface area contributed by atoms with Gasteiger partial charge in [-0.05, 0) is 90.6 Å². The minimum absolute atomic E-state index is 0.152. The summed E-state index contributed by atoms with van der Waals surface area (Å²) in [5.41, 5.74) is 8.59. The monoisotopic (exact) mass is 574 g/mol. The van der Waals surface area contributed by atoms with E-state index in [-0.39, 0.29) is 6.61 Å². The van der Waals surface area contributed by atoms with Gasteiger partial charge >= 0.3 is 0 Å². The van der Waals surface area contributed by atoms with Crippen LogP contribution in [0, 0.1) is 0 Å². The van der Waals surface area contributed by atoms with Crippen molar-refractivity contribution in [3.8, 4) is 11.4 Å². The Labute approximate surface area is 258 Å². The topological polar surface area (TPSA) is 52.5 Å². The number of hydrogen-bond acceptors (Lipinski definition) is 5. The lowest BCUT2D eigenvalue weighted by Crippen LogP contribution is -2.25. The molecular formula is C38H46N4O. The van der Waals surface area contributed by atoms with E-state index in [1.807, 2.05) is 24.5 Å². The molecule has 0 saturated heterocycles. The average molecular weight is 575 g/mol. The van der Waals surface area contributed by atoms with Crippen molar-refractivity contribution in [2.75, 3.05) is 42.6 Å². The van der Waals surface area contributed by atoms with Crippen LogP contribution in [0.5, 0.6) is 0 Å². The normalized spacial score (nSPS) is 11.4. The molecule has 5 heteroatoms. The summed E-state index contributed by atoms with van der Waals surface area (Å²) in [6.45, 7) is 10.5. The van der Waals surface area contributed by atoms with Crippen LogP contribution in [0.15, 0.2) is 85.2 Å². The number of benzene rings is 2. The fraction of sp³-hybridized carbons (Fsp3) is 0.316. The molecule has 0 radical (unpaired) electrons. The van der Waals surface area contributed by atoms with Gasteiger partial charge in [0.05, 0.1) is 18.0 Å². The van der Waals surface area contributed by atoms with E-state index in [0.29, 0.717) is 6.54 Å². The molecule has 0 bridgehead atoms. The molecule has 0 fully saturated rings. The number of unbranched alkanes of at least 4 members (excludes halogenated alkanes) is 2. The highest BCUT2D eigenvalue weighted by molar-refractivity contribution is 5.74. The van der Waals surface area contributed by atoms with Gasteiger partial charge in [0.25, 0.3) is 0 Å². The Hall–Kier alpha value is -4.22. The zero-order valence-corrected chi connectivity index (χ0v) is 26.0. The molecule has 0 atom stereocenters. The molecule has 0 amide bonds. The number of rotatable bonds is 16. The van der Waals surface area contributed by atoms with Crippen molar-refractivity contribution in [2.24, 2.45) is 0 Å². The quantitative estimate of drug-likeness (QED) is 0.145. The van der Waals surface area contributed by atoms with Crippen LogP contribution in [0.2, 0.25) is 0 Å². The number of nitrogens with zero attached hydrogens (tertiary/aromatic N) is 4. The zero-order chi connectivity index (χ0) is 30.3. The van der Waals surface area contributed by atoms with Gasteiger partial charge in [0.1, 0.15) is 0 Å². The van der Waals surface area contributed by atoms with Crippen LogP contribution >= 0.6 is 0 Å². The first-order valence-electron chi connectivity index (χ1n) is 15.7. The third-order valence-corrected chi connectivity index (χ3v) is 7.60. The molecule has 2 aromatic heterocycles. The Kier molecular flexibility index (Phi) is 12.6. The summed E-state index contributed by atoms with van der Waals surface area (Å²) in [5, 5.41) is 9.28. The zero-order valence-electron chi connectivity index (χ0n) is 26.0. The number of pyridine rings is 2. The van der Waals surface area contributed by atoms with Crippen LogP contribution in [0.25, 0.3) is 35.7 Å². The molecule has 0 aliphatic carbocycles. The van der Waals surface area contributed by atoms with Gasteiger partial charge in [-0.15, -0.1) is 0 Å². The molecule has 43 heavy (non-hydrogen) atoms. The standard InChI is InChI=1S/C38H46N4O/c1-4-7-25-42(26-8-5-2)36-19-15-32(16-20-36)10-12-34-22-24-40-38(30-34)37-29-33(21-23-39-37)11-9-31-13-17-35(18-14-31)41(6-3)27-28-43/h9-24,29-30,43H,4-8,25-28H2,1-3H3/b11-9+,12-10+. The molecule has 0 spiro atoms. The summed E-state index contributed by atoms with van der Waals surface area (Å²) >= 11 is 0. The van der Waals surface area contributed by atoms with Crippen molar-refractivity contribution in [1.82, 2.24) is 9.97 Å². The van der Waals surface area contributed by atoms with Crippen molar-refractivity contribution in [3.63, 3.8) is 0 Å². The minimum Gasteiger partial charge on any atom is -0.395 e. The number of aliphatic hydroxyl groups is 1. The SMILES string of the molecule is CCCCN(CCCC)c1ccc(/C=C/c2ccnc(-c3cc(/C=C/c4ccc(N(CC)CCO)cc4)ccn3)c2)cc1. The minimum atomic E-state index is 0.152. The van der Waals surface area contributed by atoms with E-state index in [1.165, 1.54) is 36.9 Å². The molecule has 4 aromatic rings. The summed E-state index contributed by atoms with van der Waals surface area (Å²) in [5.74, 6) is 0. The number of likely N-dealkylation sites (N-methyl/N-ethyl adjacent to an activating group) is 1. The molecule has 1 N–H and O–H groups in total. The van der Waals surface area contributed by atoms with Gasteiger partial charge < -0.3 is 14.9 Å². The molecule has 5 nitrogen and oxygen atoms in total. The first-order valence-corrected chi connectivity index (χ1v) is 15.7. The third-order valence-electron chi connectivity index (χ3n) is 7.60. The maximum atomic E-state index is 9.28. The molecule has 4 rings (SSSR count). The number of hydrogen-bond donors (Lipinski definition) is 1. The van der Waals surface area contributed by atoms with Crippen molar-refractivity contribution in [1.29, 1.82) is 0 Å². The summed E-state index contributed by atoms with van der Waals surface area (Å²) in [7, 11) is 0. The van der Waals surface area contributed by atoms with Crippen molar-refractivity contribution in [3.05, 3.63) is 107 Å². The number of aromatic nitrogens is 2. The maximum Gasteiger partial charge on any atom is 0.0892 e. The molecule has 224 valence electrons. The molecule has 0 aliphatic rings. The summed E-state index contributed by atoms with van der Waals surface area (Å²) in [6.07, 6.45) is 17.1. The number of anilines is 2. The summed E-state index contributed by atoms with van der Waals surface area (Å²) in [6, 6.07) is 25.5. The van der Waals surface area contributed by atoms with Crippen molar-refractivity contribution in [2.45, 2.75) is 46.5 Å². The highest BCUT2D eigenvalue weighted by atomic mass is 16.3. The third kappa shape index (κ3) is 9.65. The maximum absolute atomic E-state index is 9.28. The molecule has 0 saturated carbocycles. The molecule has 2 aromatic carbocycles. The fourth-order valence-electron chi connectivity index (χ4n) is 5.02. The predicted molar refractivity (Wildman–Crippen MR) is 185 cm³/mol. The lowest BCUT2D eigenvalue weighted by atomic mass is 10.1. The summed E-state index contributed by atoms with van der Waals surface area (Å²) in [4.78, 5) is 13.9. The van der Waals surface area contributed by atoms with Gasteiger partial charge in [0.2, 0.25) is 0 Å². The first-order chi connectivity index (χ1) is 21.1. The largest absolute Gasteiger partial charge is 0.395 e. The molecule has 2 heterocycles. The van der Waals surface area contributed by atoms with E-state index < -0.39 is 0 Å². The van der Waals surface area contributed by atoms with Crippen molar-refractivity contribution >= 4 is 35.7 Å². The second kappa shape index (κ2) is 17.0. The Morgan fingerprint density at radius 2 is 1.00 bits per heavy atom. The lowest BCUT2D eigenvalue weighted by molar-refractivity contribution is 0.302. The Balaban J connectivity index is 1.42. The summed E-state index contributed by atoms with van der Waals surface area (Å²) < 4.78 is 0. The average Bonchev–Trinajstić information content (AvgIpc) is 3.06. The fourth-order valence-corrected chi connectivity index (χ4v) is 5.02. The Morgan fingerprint density at radius 3 is 1.42 bits per heavy atom. The van der Waals surface area contributed by atoms with E-state index >= 15 is 0 Å². The van der Waals surface area contributed by atoms with Gasteiger partial charge in [-0.2, -0.15) is 0 Å². The van der Waals surface area contributed by atoms with Gasteiger partial charge in [-0.25, -0.2) is 0 Å². The van der Waals surface area contributed by atoms with E-state index in [4.69, 9.17) is 0 Å². The first kappa shape index (κ1) is 31.7. The number of aliphatic hydroxyl groups excluding tert-OH is 1. The van der Waals surface area contributed by atoms with E-state index in [1.54, 1.807) is 0 Å². The van der Waals surface area contributed by atoms with Crippen LogP contribution < -0.4 is 9.80 Å². The van der Waals surface area contributed by atoms with Gasteiger partial charge in [0.15, 0.2) is 0 Å². The van der Waals surface area contributed by atoms with Crippen LogP contribution in [0.4, 0.5) is 11.4 Å². The van der Waals surface area contributed by atoms with Crippen LogP contribution in [-0.4, -0.2) is 47.9 Å².